The highest BCUT2D eigenvalue weighted by atomic mass is 16.7. The largest absolute Gasteiger partial charge is 0.348 e. The van der Waals surface area contributed by atoms with Crippen LogP contribution in [0.3, 0.4) is 0 Å². The molecule has 2 N–H and O–H groups in total. The molecule has 1 aromatic rings. The molecule has 0 aliphatic carbocycles. The summed E-state index contributed by atoms with van der Waals surface area (Å²) < 4.78 is 11.2. The van der Waals surface area contributed by atoms with E-state index in [2.05, 4.69) is 15.5 Å². The topological polar surface area (TPSA) is 59.2 Å². The molecule has 1 atom stereocenters. The standard InChI is InChI=1S/C12H21N3O2/c1-8-11(9(2)15-14-8)6-13-5-10-7-16-12(3,4)17-10/h10,13H,5-7H2,1-4H3,(H,14,15). The first kappa shape index (κ1) is 12.5. The van der Waals surface area contributed by atoms with Crippen LogP contribution in [0.15, 0.2) is 0 Å². The third kappa shape index (κ3) is 3.06. The van der Waals surface area contributed by atoms with E-state index in [1.165, 1.54) is 5.56 Å². The molecule has 0 aromatic carbocycles. The van der Waals surface area contributed by atoms with Crippen molar-refractivity contribution in [3.8, 4) is 0 Å². The van der Waals surface area contributed by atoms with Gasteiger partial charge in [0.05, 0.1) is 18.4 Å². The summed E-state index contributed by atoms with van der Waals surface area (Å²) in [7, 11) is 0. The lowest BCUT2D eigenvalue weighted by molar-refractivity contribution is -0.137. The van der Waals surface area contributed by atoms with E-state index in [0.29, 0.717) is 6.61 Å². The second-order valence-corrected chi connectivity index (χ2v) is 4.99. The number of hydrogen-bond acceptors (Lipinski definition) is 4. The fraction of sp³-hybridized carbons (Fsp3) is 0.750. The van der Waals surface area contributed by atoms with Crippen LogP contribution in [0.25, 0.3) is 0 Å². The van der Waals surface area contributed by atoms with E-state index in [1.54, 1.807) is 0 Å². The molecule has 1 aliphatic rings. The quantitative estimate of drug-likeness (QED) is 0.830. The number of hydrogen-bond donors (Lipinski definition) is 2. The molecule has 1 saturated heterocycles. The lowest BCUT2D eigenvalue weighted by atomic mass is 10.2. The average molecular weight is 239 g/mol. The Morgan fingerprint density at radius 3 is 2.76 bits per heavy atom. The predicted octanol–water partition coefficient (Wildman–Crippen LogP) is 1.27. The molecule has 0 radical (unpaired) electrons. The van der Waals surface area contributed by atoms with Crippen LogP contribution in [0, 0.1) is 13.8 Å². The highest BCUT2D eigenvalue weighted by Gasteiger charge is 2.32. The molecule has 2 heterocycles. The minimum absolute atomic E-state index is 0.137. The summed E-state index contributed by atoms with van der Waals surface area (Å²) in [5, 5.41) is 10.5. The van der Waals surface area contributed by atoms with Crippen molar-refractivity contribution in [1.82, 2.24) is 15.5 Å². The van der Waals surface area contributed by atoms with Crippen molar-refractivity contribution >= 4 is 0 Å². The first-order valence-electron chi connectivity index (χ1n) is 6.01. The van der Waals surface area contributed by atoms with E-state index in [4.69, 9.17) is 9.47 Å². The van der Waals surface area contributed by atoms with Gasteiger partial charge in [0.25, 0.3) is 0 Å². The Balaban J connectivity index is 1.77. The van der Waals surface area contributed by atoms with Crippen LogP contribution in [0.1, 0.15) is 30.8 Å². The Bertz CT molecular complexity index is 368. The Hall–Kier alpha value is -0.910. The molecule has 0 spiro atoms. The van der Waals surface area contributed by atoms with Crippen molar-refractivity contribution in [1.29, 1.82) is 0 Å². The maximum Gasteiger partial charge on any atom is 0.163 e. The third-order valence-electron chi connectivity index (χ3n) is 3.02. The molecule has 1 unspecified atom stereocenters. The van der Waals surface area contributed by atoms with E-state index in [0.717, 1.165) is 24.5 Å². The number of nitrogens with one attached hydrogen (secondary N) is 2. The van der Waals surface area contributed by atoms with E-state index in [9.17, 15) is 0 Å². The first-order valence-corrected chi connectivity index (χ1v) is 6.01. The predicted molar refractivity (Wildman–Crippen MR) is 64.7 cm³/mol. The van der Waals surface area contributed by atoms with Crippen LogP contribution in [-0.4, -0.2) is 35.2 Å². The van der Waals surface area contributed by atoms with Crippen molar-refractivity contribution in [2.45, 2.75) is 46.1 Å². The molecule has 5 heteroatoms. The van der Waals surface area contributed by atoms with Gasteiger partial charge in [0.15, 0.2) is 5.79 Å². The zero-order valence-electron chi connectivity index (χ0n) is 11.0. The fourth-order valence-electron chi connectivity index (χ4n) is 2.06. The van der Waals surface area contributed by atoms with E-state index in [-0.39, 0.29) is 6.10 Å². The van der Waals surface area contributed by atoms with Gasteiger partial charge in [-0.25, -0.2) is 0 Å². The second-order valence-electron chi connectivity index (χ2n) is 4.99. The van der Waals surface area contributed by atoms with Crippen molar-refractivity contribution in [3.05, 3.63) is 17.0 Å². The number of aryl methyl sites for hydroxylation is 2. The van der Waals surface area contributed by atoms with Crippen molar-refractivity contribution in [2.24, 2.45) is 0 Å². The summed E-state index contributed by atoms with van der Waals surface area (Å²) >= 11 is 0. The summed E-state index contributed by atoms with van der Waals surface area (Å²) in [6, 6.07) is 0. The average Bonchev–Trinajstić information content (AvgIpc) is 2.74. The molecular weight excluding hydrogens is 218 g/mol. The molecular formula is C12H21N3O2. The van der Waals surface area contributed by atoms with Gasteiger partial charge in [0.2, 0.25) is 0 Å². The maximum atomic E-state index is 5.72. The molecule has 17 heavy (non-hydrogen) atoms. The van der Waals surface area contributed by atoms with Gasteiger partial charge in [0.1, 0.15) is 0 Å². The molecule has 1 aromatic heterocycles. The van der Waals surface area contributed by atoms with Crippen LogP contribution >= 0.6 is 0 Å². The lowest BCUT2D eigenvalue weighted by Gasteiger charge is -2.17. The molecule has 0 amide bonds. The third-order valence-corrected chi connectivity index (χ3v) is 3.02. The molecule has 1 fully saturated rings. The van der Waals surface area contributed by atoms with Crippen LogP contribution in [0.5, 0.6) is 0 Å². The number of aromatic amines is 1. The molecule has 0 saturated carbocycles. The molecule has 96 valence electrons. The molecule has 0 bridgehead atoms. The SMILES string of the molecule is Cc1n[nH]c(C)c1CNCC1COC(C)(C)O1. The molecule has 5 nitrogen and oxygen atoms in total. The lowest BCUT2D eigenvalue weighted by Crippen LogP contribution is -2.30. The highest BCUT2D eigenvalue weighted by molar-refractivity contribution is 5.22. The zero-order chi connectivity index (χ0) is 12.5. The monoisotopic (exact) mass is 239 g/mol. The zero-order valence-corrected chi connectivity index (χ0v) is 11.0. The van der Waals surface area contributed by atoms with Crippen molar-refractivity contribution in [3.63, 3.8) is 0 Å². The number of ether oxygens (including phenoxy) is 2. The van der Waals surface area contributed by atoms with Gasteiger partial charge in [-0.1, -0.05) is 0 Å². The van der Waals surface area contributed by atoms with Gasteiger partial charge in [-0.2, -0.15) is 5.10 Å². The van der Waals surface area contributed by atoms with E-state index >= 15 is 0 Å². The maximum absolute atomic E-state index is 5.72. The summed E-state index contributed by atoms with van der Waals surface area (Å²) in [5.41, 5.74) is 3.42. The highest BCUT2D eigenvalue weighted by Crippen LogP contribution is 2.21. The minimum Gasteiger partial charge on any atom is -0.348 e. The van der Waals surface area contributed by atoms with Gasteiger partial charge in [0, 0.05) is 24.3 Å². The molecule has 1 aliphatic heterocycles. The van der Waals surface area contributed by atoms with Crippen LogP contribution in [0.4, 0.5) is 0 Å². The van der Waals surface area contributed by atoms with Gasteiger partial charge < -0.3 is 14.8 Å². The van der Waals surface area contributed by atoms with Crippen LogP contribution in [0.2, 0.25) is 0 Å². The Labute approximate surface area is 102 Å². The summed E-state index contributed by atoms with van der Waals surface area (Å²) in [5.74, 6) is -0.437. The van der Waals surface area contributed by atoms with Crippen LogP contribution < -0.4 is 5.32 Å². The Kier molecular flexibility index (Phi) is 3.51. The second kappa shape index (κ2) is 4.76. The minimum atomic E-state index is -0.437. The number of H-pyrrole nitrogens is 1. The van der Waals surface area contributed by atoms with Gasteiger partial charge >= 0.3 is 0 Å². The fourth-order valence-corrected chi connectivity index (χ4v) is 2.06. The van der Waals surface area contributed by atoms with E-state index < -0.39 is 5.79 Å². The Morgan fingerprint density at radius 1 is 1.47 bits per heavy atom. The summed E-state index contributed by atoms with van der Waals surface area (Å²) in [4.78, 5) is 0. The Morgan fingerprint density at radius 2 is 2.24 bits per heavy atom. The normalized spacial score (nSPS) is 23.2. The van der Waals surface area contributed by atoms with Gasteiger partial charge in [-0.3, -0.25) is 5.10 Å². The smallest absolute Gasteiger partial charge is 0.163 e. The van der Waals surface area contributed by atoms with Gasteiger partial charge in [-0.15, -0.1) is 0 Å². The molecule has 2 rings (SSSR count). The number of aromatic nitrogens is 2. The van der Waals surface area contributed by atoms with Crippen LogP contribution in [-0.2, 0) is 16.0 Å². The van der Waals surface area contributed by atoms with Gasteiger partial charge in [-0.05, 0) is 27.7 Å². The van der Waals surface area contributed by atoms with E-state index in [1.807, 2.05) is 27.7 Å². The number of nitrogens with zero attached hydrogens (tertiary/aromatic N) is 1. The summed E-state index contributed by atoms with van der Waals surface area (Å²) in [6.07, 6.45) is 0.137. The van der Waals surface area contributed by atoms with Crippen molar-refractivity contribution < 1.29 is 9.47 Å². The number of rotatable bonds is 4. The van der Waals surface area contributed by atoms with Crippen molar-refractivity contribution in [2.75, 3.05) is 13.2 Å². The first-order chi connectivity index (χ1) is 7.98. The summed E-state index contributed by atoms with van der Waals surface area (Å²) in [6.45, 7) is 10.2.